The molecule has 0 saturated carbocycles. The number of hydrogen-bond acceptors (Lipinski definition) is 3. The SMILES string of the molecule is CCCCCCCCCCCCCCCCCCCCCc1cc(OC)cc(OC)c1OC. The average Bonchev–Trinajstić information content (AvgIpc) is 2.84. The molecule has 33 heavy (non-hydrogen) atoms. The molecule has 0 aliphatic heterocycles. The van der Waals surface area contributed by atoms with Gasteiger partial charge in [-0.3, -0.25) is 0 Å². The number of unbranched alkanes of at least 4 members (excludes halogenated alkanes) is 18. The van der Waals surface area contributed by atoms with Crippen molar-refractivity contribution in [3.05, 3.63) is 17.7 Å². The van der Waals surface area contributed by atoms with E-state index in [1.165, 1.54) is 128 Å². The van der Waals surface area contributed by atoms with E-state index in [2.05, 4.69) is 13.0 Å². The quantitative estimate of drug-likeness (QED) is 0.151. The first-order valence-corrected chi connectivity index (χ1v) is 14.1. The van der Waals surface area contributed by atoms with E-state index in [1.54, 1.807) is 21.3 Å². The monoisotopic (exact) mass is 462 g/mol. The molecular weight excluding hydrogens is 408 g/mol. The van der Waals surface area contributed by atoms with Gasteiger partial charge in [0.2, 0.25) is 0 Å². The lowest BCUT2D eigenvalue weighted by Gasteiger charge is -2.14. The molecule has 0 radical (unpaired) electrons. The van der Waals surface area contributed by atoms with Crippen LogP contribution in [0.3, 0.4) is 0 Å². The van der Waals surface area contributed by atoms with Crippen LogP contribution in [-0.4, -0.2) is 21.3 Å². The van der Waals surface area contributed by atoms with Crippen molar-refractivity contribution in [1.82, 2.24) is 0 Å². The summed E-state index contributed by atoms with van der Waals surface area (Å²) in [5.74, 6) is 2.44. The zero-order valence-electron chi connectivity index (χ0n) is 22.5. The fourth-order valence-corrected chi connectivity index (χ4v) is 4.71. The summed E-state index contributed by atoms with van der Waals surface area (Å²) < 4.78 is 16.4. The lowest BCUT2D eigenvalue weighted by molar-refractivity contribution is 0.345. The normalized spacial score (nSPS) is 11.0. The fraction of sp³-hybridized carbons (Fsp3) is 0.800. The molecule has 1 aromatic rings. The topological polar surface area (TPSA) is 27.7 Å². The van der Waals surface area contributed by atoms with E-state index >= 15 is 0 Å². The number of aryl methyl sites for hydroxylation is 1. The van der Waals surface area contributed by atoms with E-state index in [4.69, 9.17) is 14.2 Å². The van der Waals surface area contributed by atoms with Gasteiger partial charge in [0.25, 0.3) is 0 Å². The second-order valence-electron chi connectivity index (χ2n) is 9.64. The Morgan fingerprint density at radius 3 is 1.27 bits per heavy atom. The Bertz CT molecular complexity index is 570. The van der Waals surface area contributed by atoms with Crippen molar-refractivity contribution in [3.63, 3.8) is 0 Å². The minimum Gasteiger partial charge on any atom is -0.497 e. The van der Waals surface area contributed by atoms with Gasteiger partial charge in [0.1, 0.15) is 5.75 Å². The molecule has 0 aromatic heterocycles. The standard InChI is InChI=1S/C30H54O3/c1-5-6-7-8-9-10-11-12-13-14-15-16-17-18-19-20-21-22-23-24-27-25-28(31-2)26-29(32-3)30(27)33-4/h25-26H,5-24H2,1-4H3. The molecular formula is C30H54O3. The number of rotatable bonds is 23. The summed E-state index contributed by atoms with van der Waals surface area (Å²) in [6.45, 7) is 2.29. The van der Waals surface area contributed by atoms with Crippen LogP contribution < -0.4 is 14.2 Å². The smallest absolute Gasteiger partial charge is 0.164 e. The second-order valence-corrected chi connectivity index (χ2v) is 9.64. The van der Waals surface area contributed by atoms with Crippen molar-refractivity contribution >= 4 is 0 Å². The Labute approximate surface area is 206 Å². The van der Waals surface area contributed by atoms with Gasteiger partial charge in [0, 0.05) is 11.6 Å². The molecule has 0 amide bonds. The van der Waals surface area contributed by atoms with Gasteiger partial charge in [-0.15, -0.1) is 0 Å². The van der Waals surface area contributed by atoms with E-state index in [-0.39, 0.29) is 0 Å². The molecule has 0 bridgehead atoms. The molecule has 0 unspecified atom stereocenters. The number of ether oxygens (including phenoxy) is 3. The molecule has 0 saturated heterocycles. The van der Waals surface area contributed by atoms with Crippen LogP contribution in [0.25, 0.3) is 0 Å². The van der Waals surface area contributed by atoms with Crippen LogP contribution in [0, 0.1) is 0 Å². The van der Waals surface area contributed by atoms with E-state index < -0.39 is 0 Å². The third kappa shape index (κ3) is 14.5. The van der Waals surface area contributed by atoms with E-state index in [0.717, 1.165) is 23.7 Å². The lowest BCUT2D eigenvalue weighted by Crippen LogP contribution is -1.98. The maximum absolute atomic E-state index is 5.58. The summed E-state index contributed by atoms with van der Waals surface area (Å²) in [5.41, 5.74) is 1.18. The summed E-state index contributed by atoms with van der Waals surface area (Å²) >= 11 is 0. The molecule has 3 heteroatoms. The van der Waals surface area contributed by atoms with E-state index in [0.29, 0.717) is 0 Å². The second kappa shape index (κ2) is 21.2. The number of methoxy groups -OCH3 is 3. The molecule has 0 aliphatic rings. The van der Waals surface area contributed by atoms with Gasteiger partial charge < -0.3 is 14.2 Å². The minimum atomic E-state index is 0.754. The molecule has 0 spiro atoms. The van der Waals surface area contributed by atoms with Crippen molar-refractivity contribution in [3.8, 4) is 17.2 Å². The summed E-state index contributed by atoms with van der Waals surface area (Å²) in [4.78, 5) is 0. The molecule has 1 rings (SSSR count). The first-order valence-electron chi connectivity index (χ1n) is 14.1. The number of benzene rings is 1. The first-order chi connectivity index (χ1) is 16.3. The van der Waals surface area contributed by atoms with Gasteiger partial charge >= 0.3 is 0 Å². The maximum atomic E-state index is 5.58. The number of hydrogen-bond donors (Lipinski definition) is 0. The fourth-order valence-electron chi connectivity index (χ4n) is 4.71. The summed E-state index contributed by atoms with van der Waals surface area (Å²) in [7, 11) is 5.09. The highest BCUT2D eigenvalue weighted by Crippen LogP contribution is 2.36. The highest BCUT2D eigenvalue weighted by Gasteiger charge is 2.12. The van der Waals surface area contributed by atoms with Gasteiger partial charge in [0.15, 0.2) is 11.5 Å². The van der Waals surface area contributed by atoms with Gasteiger partial charge in [-0.1, -0.05) is 122 Å². The predicted octanol–water partition coefficient (Wildman–Crippen LogP) is 9.69. The molecule has 0 fully saturated rings. The van der Waals surface area contributed by atoms with Crippen molar-refractivity contribution in [1.29, 1.82) is 0 Å². The average molecular weight is 463 g/mol. The molecule has 0 heterocycles. The van der Waals surface area contributed by atoms with Crippen LogP contribution in [0.15, 0.2) is 12.1 Å². The summed E-state index contributed by atoms with van der Waals surface area (Å²) in [5, 5.41) is 0. The lowest BCUT2D eigenvalue weighted by atomic mass is 10.0. The summed E-state index contributed by atoms with van der Waals surface area (Å²) in [6.07, 6.45) is 27.8. The Balaban J connectivity index is 1.93. The Kier molecular flexibility index (Phi) is 19.0. The molecule has 0 atom stereocenters. The zero-order chi connectivity index (χ0) is 24.0. The molecule has 192 valence electrons. The van der Waals surface area contributed by atoms with Crippen molar-refractivity contribution < 1.29 is 14.2 Å². The van der Waals surface area contributed by atoms with Crippen LogP contribution in [0.4, 0.5) is 0 Å². The van der Waals surface area contributed by atoms with Crippen molar-refractivity contribution in [2.45, 2.75) is 135 Å². The third-order valence-corrected chi connectivity index (χ3v) is 6.81. The van der Waals surface area contributed by atoms with Crippen LogP contribution in [0.5, 0.6) is 17.2 Å². The molecule has 3 nitrogen and oxygen atoms in total. The maximum Gasteiger partial charge on any atom is 0.164 e. The largest absolute Gasteiger partial charge is 0.497 e. The predicted molar refractivity (Wildman–Crippen MR) is 143 cm³/mol. The van der Waals surface area contributed by atoms with Gasteiger partial charge in [-0.25, -0.2) is 0 Å². The Hall–Kier alpha value is -1.38. The van der Waals surface area contributed by atoms with Gasteiger partial charge in [-0.05, 0) is 18.9 Å². The van der Waals surface area contributed by atoms with Crippen molar-refractivity contribution in [2.24, 2.45) is 0 Å². The van der Waals surface area contributed by atoms with Gasteiger partial charge in [0.05, 0.1) is 21.3 Å². The van der Waals surface area contributed by atoms with Crippen LogP contribution in [-0.2, 0) is 6.42 Å². The third-order valence-electron chi connectivity index (χ3n) is 6.81. The highest BCUT2D eigenvalue weighted by atomic mass is 16.5. The van der Waals surface area contributed by atoms with Crippen LogP contribution >= 0.6 is 0 Å². The van der Waals surface area contributed by atoms with Gasteiger partial charge in [-0.2, -0.15) is 0 Å². The van der Waals surface area contributed by atoms with E-state index in [1.807, 2.05) is 6.07 Å². The van der Waals surface area contributed by atoms with Crippen molar-refractivity contribution in [2.75, 3.05) is 21.3 Å². The molecule has 0 N–H and O–H groups in total. The Morgan fingerprint density at radius 1 is 0.485 bits per heavy atom. The van der Waals surface area contributed by atoms with Crippen LogP contribution in [0.1, 0.15) is 134 Å². The van der Waals surface area contributed by atoms with Crippen LogP contribution in [0.2, 0.25) is 0 Å². The summed E-state index contributed by atoms with van der Waals surface area (Å²) in [6, 6.07) is 3.97. The first kappa shape index (κ1) is 29.7. The highest BCUT2D eigenvalue weighted by molar-refractivity contribution is 5.51. The molecule has 0 aliphatic carbocycles. The minimum absolute atomic E-state index is 0.754. The zero-order valence-corrected chi connectivity index (χ0v) is 22.5. The Morgan fingerprint density at radius 2 is 0.909 bits per heavy atom. The molecule has 1 aromatic carbocycles. The van der Waals surface area contributed by atoms with E-state index in [9.17, 15) is 0 Å².